The van der Waals surface area contributed by atoms with Crippen molar-refractivity contribution < 1.29 is 34.3 Å². The van der Waals surface area contributed by atoms with Gasteiger partial charge in [-0.2, -0.15) is 0 Å². The van der Waals surface area contributed by atoms with Crippen LogP contribution in [0.1, 0.15) is 62.8 Å². The van der Waals surface area contributed by atoms with Crippen LogP contribution in [0.2, 0.25) is 5.02 Å². The van der Waals surface area contributed by atoms with Gasteiger partial charge in [-0.25, -0.2) is 0 Å². The lowest BCUT2D eigenvalue weighted by Crippen LogP contribution is -2.63. The molecule has 1 saturated heterocycles. The Morgan fingerprint density at radius 1 is 1.14 bits per heavy atom. The molecule has 0 aromatic heterocycles. The number of carbonyl (C=O) groups excluding carboxylic acids is 1. The standard InChI is InChI=1S/C29H37ClO7/c1-5-35-20-8-6-17(7-9-20)12-19-13-21-18(14-22(19)30)10-11-29(21)27(34)26(33)25(32)23(37-29)16-36-24(31)15-28(2,3)4/h6-9,13-14,23,25-27,32-34H,5,10-12,15-16H2,1-4H3/t23-,25-,26+,27-,29+/m1/s1. The average molecular weight is 533 g/mol. The fourth-order valence-electron chi connectivity index (χ4n) is 5.25. The average Bonchev–Trinajstić information content (AvgIpc) is 3.17. The summed E-state index contributed by atoms with van der Waals surface area (Å²) in [7, 11) is 0. The summed E-state index contributed by atoms with van der Waals surface area (Å²) >= 11 is 6.65. The van der Waals surface area contributed by atoms with E-state index in [2.05, 4.69) is 0 Å². The first kappa shape index (κ1) is 27.9. The second kappa shape index (κ2) is 10.9. The number of aryl methyl sites for hydroxylation is 1. The maximum Gasteiger partial charge on any atom is 0.306 e. The Morgan fingerprint density at radius 2 is 1.84 bits per heavy atom. The summed E-state index contributed by atoms with van der Waals surface area (Å²) in [6, 6.07) is 11.6. The van der Waals surface area contributed by atoms with Crippen LogP contribution < -0.4 is 4.74 Å². The van der Waals surface area contributed by atoms with Crippen molar-refractivity contribution in [3.05, 3.63) is 63.7 Å². The fourth-order valence-corrected chi connectivity index (χ4v) is 5.51. The number of hydrogen-bond acceptors (Lipinski definition) is 7. The molecule has 2 aromatic carbocycles. The van der Waals surface area contributed by atoms with Crippen molar-refractivity contribution in [2.24, 2.45) is 5.41 Å². The molecular formula is C29H37ClO7. The topological polar surface area (TPSA) is 105 Å². The van der Waals surface area contributed by atoms with Crippen LogP contribution in [-0.2, 0) is 32.7 Å². The number of aliphatic hydroxyl groups excluding tert-OH is 3. The molecule has 4 rings (SSSR count). The fraction of sp³-hybridized carbons (Fsp3) is 0.552. The summed E-state index contributed by atoms with van der Waals surface area (Å²) in [6.07, 6.45) is -3.44. The zero-order valence-electron chi connectivity index (χ0n) is 21.9. The van der Waals surface area contributed by atoms with Gasteiger partial charge in [0.1, 0.15) is 42.4 Å². The summed E-state index contributed by atoms with van der Waals surface area (Å²) in [5.41, 5.74) is 2.07. The largest absolute Gasteiger partial charge is 0.494 e. The monoisotopic (exact) mass is 532 g/mol. The van der Waals surface area contributed by atoms with Crippen molar-refractivity contribution in [1.82, 2.24) is 0 Å². The van der Waals surface area contributed by atoms with Crippen LogP contribution in [0.5, 0.6) is 5.75 Å². The second-order valence-electron chi connectivity index (χ2n) is 11.2. The van der Waals surface area contributed by atoms with E-state index in [-0.39, 0.29) is 18.4 Å². The van der Waals surface area contributed by atoms with Crippen molar-refractivity contribution >= 4 is 17.6 Å². The van der Waals surface area contributed by atoms with E-state index in [1.807, 2.05) is 64.1 Å². The van der Waals surface area contributed by atoms with E-state index in [9.17, 15) is 20.1 Å². The minimum Gasteiger partial charge on any atom is -0.494 e. The number of carbonyl (C=O) groups is 1. The number of fused-ring (bicyclic) bond motifs is 2. The first-order valence-electron chi connectivity index (χ1n) is 12.8. The lowest BCUT2D eigenvalue weighted by molar-refractivity contribution is -0.280. The van der Waals surface area contributed by atoms with E-state index < -0.39 is 36.0 Å². The quantitative estimate of drug-likeness (QED) is 0.464. The number of ether oxygens (including phenoxy) is 3. The Labute approximate surface area is 223 Å². The highest BCUT2D eigenvalue weighted by Gasteiger charge is 2.57. The molecule has 8 heteroatoms. The molecule has 1 spiro atoms. The predicted octanol–water partition coefficient (Wildman–Crippen LogP) is 3.93. The lowest BCUT2D eigenvalue weighted by atomic mass is 9.80. The minimum absolute atomic E-state index is 0.211. The van der Waals surface area contributed by atoms with Crippen molar-refractivity contribution in [1.29, 1.82) is 0 Å². The molecule has 37 heavy (non-hydrogen) atoms. The van der Waals surface area contributed by atoms with Crippen molar-refractivity contribution in [2.45, 2.75) is 83.4 Å². The van der Waals surface area contributed by atoms with Crippen LogP contribution in [-0.4, -0.2) is 58.9 Å². The first-order valence-corrected chi connectivity index (χ1v) is 13.2. The molecule has 0 bridgehead atoms. The van der Waals surface area contributed by atoms with Crippen LogP contribution in [0.4, 0.5) is 0 Å². The maximum atomic E-state index is 12.3. The molecule has 1 fully saturated rings. The minimum atomic E-state index is -1.46. The molecule has 1 aliphatic heterocycles. The molecule has 0 amide bonds. The van der Waals surface area contributed by atoms with Gasteiger partial charge in [0.2, 0.25) is 0 Å². The van der Waals surface area contributed by atoms with Gasteiger partial charge in [-0.3, -0.25) is 4.79 Å². The third-order valence-corrected chi connectivity index (χ3v) is 7.45. The predicted molar refractivity (Wildman–Crippen MR) is 140 cm³/mol. The van der Waals surface area contributed by atoms with Crippen molar-refractivity contribution in [3.63, 3.8) is 0 Å². The summed E-state index contributed by atoms with van der Waals surface area (Å²) in [4.78, 5) is 12.3. The van der Waals surface area contributed by atoms with Gasteiger partial charge in [-0.05, 0) is 72.1 Å². The van der Waals surface area contributed by atoms with Crippen LogP contribution >= 0.6 is 11.6 Å². The summed E-state index contributed by atoms with van der Waals surface area (Å²) in [5, 5.41) is 33.2. The van der Waals surface area contributed by atoms with E-state index >= 15 is 0 Å². The van der Waals surface area contributed by atoms with E-state index in [4.69, 9.17) is 25.8 Å². The van der Waals surface area contributed by atoms with Crippen LogP contribution in [0.15, 0.2) is 36.4 Å². The molecule has 3 N–H and O–H groups in total. The third kappa shape index (κ3) is 5.96. The Balaban J connectivity index is 1.58. The summed E-state index contributed by atoms with van der Waals surface area (Å²) in [5.74, 6) is 0.389. The SMILES string of the molecule is CCOc1ccc(Cc2cc3c(cc2Cl)CC[C@]32O[C@H](COC(=O)CC(C)(C)C)[C@@H](O)[C@H](O)[C@H]2O)cc1. The van der Waals surface area contributed by atoms with Crippen molar-refractivity contribution in [3.8, 4) is 5.75 Å². The highest BCUT2D eigenvalue weighted by Crippen LogP contribution is 2.49. The Bertz CT molecular complexity index is 1110. The first-order chi connectivity index (χ1) is 17.4. The van der Waals surface area contributed by atoms with E-state index in [0.29, 0.717) is 30.9 Å². The summed E-state index contributed by atoms with van der Waals surface area (Å²) in [6.45, 7) is 8.11. The van der Waals surface area contributed by atoms with E-state index in [1.165, 1.54) is 0 Å². The molecule has 7 nitrogen and oxygen atoms in total. The van der Waals surface area contributed by atoms with Gasteiger partial charge < -0.3 is 29.5 Å². The second-order valence-corrected chi connectivity index (χ2v) is 11.7. The normalized spacial score (nSPS) is 27.2. The number of halogens is 1. The molecule has 2 aromatic rings. The van der Waals surface area contributed by atoms with Gasteiger partial charge in [-0.15, -0.1) is 0 Å². The summed E-state index contributed by atoms with van der Waals surface area (Å²) < 4.78 is 17.3. The smallest absolute Gasteiger partial charge is 0.306 e. The molecular weight excluding hydrogens is 496 g/mol. The van der Waals surface area contributed by atoms with Crippen molar-refractivity contribution in [2.75, 3.05) is 13.2 Å². The molecule has 1 aliphatic carbocycles. The number of rotatable bonds is 7. The zero-order valence-corrected chi connectivity index (χ0v) is 22.6. The molecule has 0 saturated carbocycles. The third-order valence-electron chi connectivity index (χ3n) is 7.10. The van der Waals surface area contributed by atoms with Gasteiger partial charge >= 0.3 is 5.97 Å². The Hall–Kier alpha value is -2.16. The van der Waals surface area contributed by atoms with E-state index in [0.717, 1.165) is 28.0 Å². The highest BCUT2D eigenvalue weighted by molar-refractivity contribution is 6.31. The molecule has 2 aliphatic rings. The highest BCUT2D eigenvalue weighted by atomic mass is 35.5. The van der Waals surface area contributed by atoms with Crippen LogP contribution in [0.25, 0.3) is 0 Å². The lowest BCUT2D eigenvalue weighted by Gasteiger charge is -2.47. The molecule has 202 valence electrons. The number of hydrogen-bond donors (Lipinski definition) is 3. The molecule has 1 heterocycles. The maximum absolute atomic E-state index is 12.3. The number of benzene rings is 2. The number of aliphatic hydroxyl groups is 3. The van der Waals surface area contributed by atoms with Gasteiger partial charge in [0.15, 0.2) is 0 Å². The van der Waals surface area contributed by atoms with Gasteiger partial charge in [0.05, 0.1) is 13.0 Å². The van der Waals surface area contributed by atoms with Gasteiger partial charge in [0, 0.05) is 5.02 Å². The Kier molecular flexibility index (Phi) is 8.22. The van der Waals surface area contributed by atoms with Gasteiger partial charge in [0.25, 0.3) is 0 Å². The molecule has 5 atom stereocenters. The van der Waals surface area contributed by atoms with E-state index in [1.54, 1.807) is 0 Å². The zero-order chi connectivity index (χ0) is 27.0. The van der Waals surface area contributed by atoms with Crippen LogP contribution in [0, 0.1) is 5.41 Å². The molecule has 0 radical (unpaired) electrons. The molecule has 0 unspecified atom stereocenters. The van der Waals surface area contributed by atoms with Gasteiger partial charge in [-0.1, -0.05) is 50.6 Å². The Morgan fingerprint density at radius 3 is 2.49 bits per heavy atom. The van der Waals surface area contributed by atoms with Crippen LogP contribution in [0.3, 0.4) is 0 Å². The number of esters is 1.